The summed E-state index contributed by atoms with van der Waals surface area (Å²) in [6.45, 7) is 2.59. The number of carbonyl (C=O) groups excluding carboxylic acids is 1. The van der Waals surface area contributed by atoms with Crippen molar-refractivity contribution in [2.24, 2.45) is 5.92 Å². The zero-order valence-electron chi connectivity index (χ0n) is 10.3. The topological polar surface area (TPSA) is 32.3 Å². The third kappa shape index (κ3) is 4.23. The summed E-state index contributed by atoms with van der Waals surface area (Å²) in [5, 5.41) is 3.29. The Morgan fingerprint density at radius 3 is 2.94 bits per heavy atom. The standard InChI is InChI=1S/C12H17BrN2OS.ClH/c1-15(8-10-4-5-11(13)17-10)12(16)9-3-2-6-14-7-9;/h4-5,9,14H,2-3,6-8H2,1H3;1H. The van der Waals surface area contributed by atoms with Gasteiger partial charge in [0.25, 0.3) is 0 Å². The van der Waals surface area contributed by atoms with Gasteiger partial charge in [0.05, 0.1) is 16.2 Å². The molecule has 1 aliphatic rings. The number of halogens is 2. The van der Waals surface area contributed by atoms with Crippen molar-refractivity contribution in [3.05, 3.63) is 20.8 Å². The first-order valence-corrected chi connectivity index (χ1v) is 7.47. The van der Waals surface area contributed by atoms with Gasteiger partial charge >= 0.3 is 0 Å². The molecule has 0 radical (unpaired) electrons. The molecular weight excluding hydrogens is 336 g/mol. The van der Waals surface area contributed by atoms with Crippen molar-refractivity contribution >= 4 is 45.6 Å². The summed E-state index contributed by atoms with van der Waals surface area (Å²) in [4.78, 5) is 15.3. The number of thiophene rings is 1. The van der Waals surface area contributed by atoms with Gasteiger partial charge in [0.2, 0.25) is 5.91 Å². The van der Waals surface area contributed by atoms with Gasteiger partial charge in [0.15, 0.2) is 0 Å². The van der Waals surface area contributed by atoms with Gasteiger partial charge in [0, 0.05) is 18.5 Å². The Morgan fingerprint density at radius 1 is 1.61 bits per heavy atom. The Bertz CT molecular complexity index is 393. The van der Waals surface area contributed by atoms with Gasteiger partial charge in [-0.15, -0.1) is 23.7 Å². The summed E-state index contributed by atoms with van der Waals surface area (Å²) in [5.41, 5.74) is 0. The van der Waals surface area contributed by atoms with Gasteiger partial charge in [-0.1, -0.05) is 0 Å². The van der Waals surface area contributed by atoms with Crippen molar-refractivity contribution in [1.29, 1.82) is 0 Å². The van der Waals surface area contributed by atoms with Gasteiger partial charge < -0.3 is 10.2 Å². The fourth-order valence-corrected chi connectivity index (χ4v) is 3.66. The van der Waals surface area contributed by atoms with Crippen LogP contribution in [0.3, 0.4) is 0 Å². The Kier molecular flexibility index (Phi) is 6.63. The van der Waals surface area contributed by atoms with Crippen LogP contribution in [0.1, 0.15) is 17.7 Å². The third-order valence-electron chi connectivity index (χ3n) is 3.04. The molecule has 1 N–H and O–H groups in total. The Balaban J connectivity index is 0.00000162. The number of rotatable bonds is 3. The van der Waals surface area contributed by atoms with E-state index in [1.807, 2.05) is 18.0 Å². The first kappa shape index (κ1) is 16.0. The molecular formula is C12H18BrClN2OS. The van der Waals surface area contributed by atoms with Crippen LogP contribution in [0.25, 0.3) is 0 Å². The maximum Gasteiger partial charge on any atom is 0.227 e. The Labute approximate surface area is 126 Å². The van der Waals surface area contributed by atoms with E-state index in [-0.39, 0.29) is 24.2 Å². The SMILES string of the molecule is CN(Cc1ccc(Br)s1)C(=O)C1CCCNC1.Cl. The van der Waals surface area contributed by atoms with Crippen LogP contribution in [-0.2, 0) is 11.3 Å². The lowest BCUT2D eigenvalue weighted by Gasteiger charge is -2.26. The highest BCUT2D eigenvalue weighted by Crippen LogP contribution is 2.23. The van der Waals surface area contributed by atoms with E-state index in [1.54, 1.807) is 11.3 Å². The molecule has 0 bridgehead atoms. The van der Waals surface area contributed by atoms with E-state index in [9.17, 15) is 4.79 Å². The minimum atomic E-state index is 0. The average Bonchev–Trinajstić information content (AvgIpc) is 2.75. The predicted octanol–water partition coefficient (Wildman–Crippen LogP) is 2.89. The summed E-state index contributed by atoms with van der Waals surface area (Å²) >= 11 is 5.13. The number of carbonyl (C=O) groups is 1. The van der Waals surface area contributed by atoms with Crippen LogP contribution in [0.2, 0.25) is 0 Å². The van der Waals surface area contributed by atoms with Gasteiger partial charge in [-0.05, 0) is 47.4 Å². The zero-order valence-corrected chi connectivity index (χ0v) is 13.5. The Morgan fingerprint density at radius 2 is 2.39 bits per heavy atom. The number of piperidine rings is 1. The summed E-state index contributed by atoms with van der Waals surface area (Å²) < 4.78 is 1.12. The second kappa shape index (κ2) is 7.48. The van der Waals surface area contributed by atoms with E-state index >= 15 is 0 Å². The molecule has 0 aliphatic carbocycles. The molecule has 2 heterocycles. The molecule has 1 unspecified atom stereocenters. The van der Waals surface area contributed by atoms with Crippen LogP contribution in [-0.4, -0.2) is 30.9 Å². The minimum absolute atomic E-state index is 0. The van der Waals surface area contributed by atoms with Crippen LogP contribution in [0.5, 0.6) is 0 Å². The van der Waals surface area contributed by atoms with Crippen molar-refractivity contribution in [2.45, 2.75) is 19.4 Å². The molecule has 18 heavy (non-hydrogen) atoms. The molecule has 2 rings (SSSR count). The van der Waals surface area contributed by atoms with Crippen LogP contribution in [0.4, 0.5) is 0 Å². The normalized spacial score (nSPS) is 19.1. The molecule has 0 saturated carbocycles. The number of hydrogen-bond donors (Lipinski definition) is 1. The fraction of sp³-hybridized carbons (Fsp3) is 0.583. The lowest BCUT2D eigenvalue weighted by atomic mass is 9.98. The molecule has 1 aliphatic heterocycles. The fourth-order valence-electron chi connectivity index (χ4n) is 2.12. The molecule has 0 aromatic carbocycles. The zero-order chi connectivity index (χ0) is 12.3. The molecule has 1 aromatic rings. The van der Waals surface area contributed by atoms with E-state index < -0.39 is 0 Å². The molecule has 1 aromatic heterocycles. The van der Waals surface area contributed by atoms with Gasteiger partial charge in [-0.25, -0.2) is 0 Å². The van der Waals surface area contributed by atoms with Crippen molar-refractivity contribution in [1.82, 2.24) is 10.2 Å². The van der Waals surface area contributed by atoms with Gasteiger partial charge in [-0.3, -0.25) is 4.79 Å². The number of nitrogens with one attached hydrogen (secondary N) is 1. The molecule has 1 atom stereocenters. The maximum atomic E-state index is 12.2. The molecule has 3 nitrogen and oxygen atoms in total. The monoisotopic (exact) mass is 352 g/mol. The lowest BCUT2D eigenvalue weighted by molar-refractivity contribution is -0.135. The molecule has 6 heteroatoms. The second-order valence-electron chi connectivity index (χ2n) is 4.44. The van der Waals surface area contributed by atoms with Crippen molar-refractivity contribution in [2.75, 3.05) is 20.1 Å². The Hall–Kier alpha value is -0.100. The number of amides is 1. The first-order valence-electron chi connectivity index (χ1n) is 5.86. The first-order chi connectivity index (χ1) is 8.16. The van der Waals surface area contributed by atoms with Crippen molar-refractivity contribution < 1.29 is 4.79 Å². The highest BCUT2D eigenvalue weighted by Gasteiger charge is 2.23. The van der Waals surface area contributed by atoms with Crippen LogP contribution < -0.4 is 5.32 Å². The van der Waals surface area contributed by atoms with Crippen LogP contribution in [0, 0.1) is 5.92 Å². The highest BCUT2D eigenvalue weighted by molar-refractivity contribution is 9.11. The third-order valence-corrected chi connectivity index (χ3v) is 4.65. The smallest absolute Gasteiger partial charge is 0.227 e. The van der Waals surface area contributed by atoms with Crippen LogP contribution >= 0.6 is 39.7 Å². The van der Waals surface area contributed by atoms with E-state index in [1.165, 1.54) is 4.88 Å². The van der Waals surface area contributed by atoms with Crippen LogP contribution in [0.15, 0.2) is 15.9 Å². The molecule has 102 valence electrons. The van der Waals surface area contributed by atoms with Gasteiger partial charge in [-0.2, -0.15) is 0 Å². The number of hydrogen-bond acceptors (Lipinski definition) is 3. The van der Waals surface area contributed by atoms with E-state index in [2.05, 4.69) is 27.3 Å². The minimum Gasteiger partial charge on any atom is -0.340 e. The molecule has 0 spiro atoms. The maximum absolute atomic E-state index is 12.2. The highest BCUT2D eigenvalue weighted by atomic mass is 79.9. The summed E-state index contributed by atoms with van der Waals surface area (Å²) in [7, 11) is 1.89. The number of nitrogens with zero attached hydrogens (tertiary/aromatic N) is 1. The quantitative estimate of drug-likeness (QED) is 0.906. The van der Waals surface area contributed by atoms with E-state index in [0.29, 0.717) is 6.54 Å². The van der Waals surface area contributed by atoms with E-state index in [0.717, 1.165) is 29.7 Å². The second-order valence-corrected chi connectivity index (χ2v) is 6.99. The lowest BCUT2D eigenvalue weighted by Crippen LogP contribution is -2.41. The van der Waals surface area contributed by atoms with E-state index in [4.69, 9.17) is 0 Å². The summed E-state index contributed by atoms with van der Waals surface area (Å²) in [5.74, 6) is 0.430. The summed E-state index contributed by atoms with van der Waals surface area (Å²) in [6.07, 6.45) is 2.12. The van der Waals surface area contributed by atoms with Gasteiger partial charge in [0.1, 0.15) is 0 Å². The predicted molar refractivity (Wildman–Crippen MR) is 81.3 cm³/mol. The summed E-state index contributed by atoms with van der Waals surface area (Å²) in [6, 6.07) is 4.10. The molecule has 1 amide bonds. The van der Waals surface area contributed by atoms with Crippen molar-refractivity contribution in [3.8, 4) is 0 Å². The average molecular weight is 354 g/mol. The van der Waals surface area contributed by atoms with Crippen molar-refractivity contribution in [3.63, 3.8) is 0 Å². The molecule has 1 saturated heterocycles. The molecule has 1 fully saturated rings. The largest absolute Gasteiger partial charge is 0.340 e.